The summed E-state index contributed by atoms with van der Waals surface area (Å²) in [5.74, 6) is -0.294. The molecule has 0 aliphatic carbocycles. The first-order valence-electron chi connectivity index (χ1n) is 8.66. The number of amides is 2. The number of methoxy groups -OCH3 is 1. The van der Waals surface area contributed by atoms with Crippen LogP contribution in [0.25, 0.3) is 11.0 Å². The van der Waals surface area contributed by atoms with Crippen molar-refractivity contribution >= 4 is 28.8 Å². The molecule has 0 saturated heterocycles. The molecule has 0 aliphatic rings. The zero-order valence-corrected chi connectivity index (χ0v) is 16.1. The number of aromatic nitrogens is 4. The molecule has 2 aromatic heterocycles. The molecule has 144 valence electrons. The molecule has 0 unspecified atom stereocenters. The molecule has 1 aromatic carbocycles. The molecule has 0 aliphatic heterocycles. The third kappa shape index (κ3) is 4.08. The van der Waals surface area contributed by atoms with Gasteiger partial charge in [-0.25, -0.2) is 4.98 Å². The molecule has 2 heterocycles. The number of nitrogens with zero attached hydrogens (tertiary/aromatic N) is 3. The zero-order chi connectivity index (χ0) is 20.1. The molecular formula is C18H24N6O3. The Kier molecular flexibility index (Phi) is 6.17. The van der Waals surface area contributed by atoms with Crippen molar-refractivity contribution in [2.45, 2.75) is 34.2 Å². The second kappa shape index (κ2) is 8.35. The quantitative estimate of drug-likeness (QED) is 0.634. The Morgan fingerprint density at radius 3 is 2.59 bits per heavy atom. The number of primary amides is 1. The van der Waals surface area contributed by atoms with Crippen molar-refractivity contribution in [3.8, 4) is 5.75 Å². The molecule has 0 atom stereocenters. The number of nitrogens with one attached hydrogen (secondary N) is 2. The molecule has 0 fully saturated rings. The maximum Gasteiger partial charge on any atom is 0.276 e. The van der Waals surface area contributed by atoms with E-state index < -0.39 is 5.91 Å². The van der Waals surface area contributed by atoms with Crippen LogP contribution in [0.5, 0.6) is 5.75 Å². The van der Waals surface area contributed by atoms with Crippen LogP contribution in [0.1, 0.15) is 47.3 Å². The van der Waals surface area contributed by atoms with Gasteiger partial charge in [-0.05, 0) is 32.0 Å². The van der Waals surface area contributed by atoms with Gasteiger partial charge in [-0.3, -0.25) is 19.6 Å². The monoisotopic (exact) mass is 372 g/mol. The van der Waals surface area contributed by atoms with Gasteiger partial charge in [0.05, 0.1) is 18.3 Å². The van der Waals surface area contributed by atoms with E-state index in [1.165, 1.54) is 13.2 Å². The fourth-order valence-electron chi connectivity index (χ4n) is 2.58. The van der Waals surface area contributed by atoms with Gasteiger partial charge in [0.2, 0.25) is 11.9 Å². The molecule has 27 heavy (non-hydrogen) atoms. The van der Waals surface area contributed by atoms with Gasteiger partial charge in [0, 0.05) is 12.1 Å². The number of carbonyl (C=O) groups excluding carboxylic acids is 2. The minimum atomic E-state index is -0.581. The van der Waals surface area contributed by atoms with Gasteiger partial charge >= 0.3 is 0 Å². The highest BCUT2D eigenvalue weighted by Gasteiger charge is 2.17. The Morgan fingerprint density at radius 1 is 1.30 bits per heavy atom. The minimum Gasteiger partial charge on any atom is -0.494 e. The normalized spacial score (nSPS) is 10.3. The SMILES string of the molecule is CC.CCn1nc(C)cc1C(=O)Nc1nc2c(OC)cc(C(N)=O)cc2[nH]1. The number of carbonyl (C=O) groups is 2. The first-order chi connectivity index (χ1) is 12.9. The molecule has 2 amide bonds. The number of anilines is 1. The van der Waals surface area contributed by atoms with Crippen molar-refractivity contribution in [3.63, 3.8) is 0 Å². The predicted octanol–water partition coefficient (Wildman–Crippen LogP) is 2.47. The lowest BCUT2D eigenvalue weighted by molar-refractivity contribution is 0.0995. The average Bonchev–Trinajstić information content (AvgIpc) is 3.24. The summed E-state index contributed by atoms with van der Waals surface area (Å²) in [6.45, 7) is 8.30. The molecule has 3 aromatic rings. The lowest BCUT2D eigenvalue weighted by Gasteiger charge is -2.03. The van der Waals surface area contributed by atoms with E-state index in [1.54, 1.807) is 16.8 Å². The molecule has 0 radical (unpaired) electrons. The molecular weight excluding hydrogens is 348 g/mol. The Balaban J connectivity index is 0.00000126. The zero-order valence-electron chi connectivity index (χ0n) is 16.1. The number of ether oxygens (including phenoxy) is 1. The van der Waals surface area contributed by atoms with Crippen LogP contribution in [-0.4, -0.2) is 38.7 Å². The van der Waals surface area contributed by atoms with Crippen molar-refractivity contribution in [2.24, 2.45) is 5.73 Å². The Morgan fingerprint density at radius 2 is 2.00 bits per heavy atom. The standard InChI is InChI=1S/C16H18N6O3.C2H6/c1-4-22-11(5-8(2)21-22)15(24)20-16-18-10-6-9(14(17)23)7-12(25-3)13(10)19-16;1-2/h5-7H,4H2,1-3H3,(H2,17,23)(H2,18,19,20,24);1-2H3. The molecule has 9 heteroatoms. The third-order valence-electron chi connectivity index (χ3n) is 3.72. The summed E-state index contributed by atoms with van der Waals surface area (Å²) < 4.78 is 6.85. The minimum absolute atomic E-state index is 0.237. The average molecular weight is 372 g/mol. The van der Waals surface area contributed by atoms with Crippen molar-refractivity contribution in [3.05, 3.63) is 35.2 Å². The van der Waals surface area contributed by atoms with E-state index in [0.29, 0.717) is 29.0 Å². The van der Waals surface area contributed by atoms with Crippen LogP contribution in [0.2, 0.25) is 0 Å². The van der Waals surface area contributed by atoms with Gasteiger partial charge in [0.15, 0.2) is 0 Å². The molecule has 0 spiro atoms. The van der Waals surface area contributed by atoms with Gasteiger partial charge < -0.3 is 15.5 Å². The van der Waals surface area contributed by atoms with Gasteiger partial charge in [-0.2, -0.15) is 5.10 Å². The van der Waals surface area contributed by atoms with E-state index in [1.807, 2.05) is 27.7 Å². The van der Waals surface area contributed by atoms with Crippen molar-refractivity contribution < 1.29 is 14.3 Å². The number of benzene rings is 1. The number of fused-ring (bicyclic) bond motifs is 1. The van der Waals surface area contributed by atoms with Crippen molar-refractivity contribution in [2.75, 3.05) is 12.4 Å². The van der Waals surface area contributed by atoms with Gasteiger partial charge in [-0.15, -0.1) is 0 Å². The van der Waals surface area contributed by atoms with Crippen LogP contribution >= 0.6 is 0 Å². The fourth-order valence-corrected chi connectivity index (χ4v) is 2.58. The lowest BCUT2D eigenvalue weighted by atomic mass is 10.2. The molecule has 4 N–H and O–H groups in total. The Labute approximate surface area is 156 Å². The third-order valence-corrected chi connectivity index (χ3v) is 3.72. The number of rotatable bonds is 5. The smallest absolute Gasteiger partial charge is 0.276 e. The number of nitrogens with two attached hydrogens (primary N) is 1. The van der Waals surface area contributed by atoms with E-state index in [4.69, 9.17) is 10.5 Å². The summed E-state index contributed by atoms with van der Waals surface area (Å²) >= 11 is 0. The first kappa shape index (κ1) is 20.0. The van der Waals surface area contributed by atoms with E-state index in [2.05, 4.69) is 20.4 Å². The van der Waals surface area contributed by atoms with E-state index in [9.17, 15) is 9.59 Å². The summed E-state index contributed by atoms with van der Waals surface area (Å²) in [7, 11) is 1.47. The van der Waals surface area contributed by atoms with Crippen LogP contribution in [0.3, 0.4) is 0 Å². The maximum absolute atomic E-state index is 12.5. The predicted molar refractivity (Wildman–Crippen MR) is 103 cm³/mol. The molecule has 9 nitrogen and oxygen atoms in total. The highest BCUT2D eigenvalue weighted by atomic mass is 16.5. The number of hydrogen-bond acceptors (Lipinski definition) is 5. The summed E-state index contributed by atoms with van der Waals surface area (Å²) in [5.41, 5.74) is 7.81. The second-order valence-corrected chi connectivity index (χ2v) is 5.47. The summed E-state index contributed by atoms with van der Waals surface area (Å²) in [5, 5.41) is 6.94. The van der Waals surface area contributed by atoms with E-state index >= 15 is 0 Å². The van der Waals surface area contributed by atoms with Crippen LogP contribution in [-0.2, 0) is 6.54 Å². The summed E-state index contributed by atoms with van der Waals surface area (Å²) in [6, 6.07) is 4.77. The van der Waals surface area contributed by atoms with Crippen molar-refractivity contribution in [1.82, 2.24) is 19.7 Å². The summed E-state index contributed by atoms with van der Waals surface area (Å²) in [4.78, 5) is 31.2. The molecule has 0 bridgehead atoms. The van der Waals surface area contributed by atoms with Gasteiger partial charge in [-0.1, -0.05) is 13.8 Å². The maximum atomic E-state index is 12.5. The number of aromatic amines is 1. The number of hydrogen-bond donors (Lipinski definition) is 3. The molecule has 0 saturated carbocycles. The summed E-state index contributed by atoms with van der Waals surface area (Å²) in [6.07, 6.45) is 0. The Hall–Kier alpha value is -3.36. The van der Waals surface area contributed by atoms with Crippen LogP contribution in [0.4, 0.5) is 5.95 Å². The highest BCUT2D eigenvalue weighted by Crippen LogP contribution is 2.27. The fraction of sp³-hybridized carbons (Fsp3) is 0.333. The van der Waals surface area contributed by atoms with Gasteiger partial charge in [0.1, 0.15) is 17.0 Å². The lowest BCUT2D eigenvalue weighted by Crippen LogP contribution is -2.18. The second-order valence-electron chi connectivity index (χ2n) is 5.47. The van der Waals surface area contributed by atoms with Crippen LogP contribution in [0, 0.1) is 6.92 Å². The number of H-pyrrole nitrogens is 1. The van der Waals surface area contributed by atoms with Crippen LogP contribution in [0.15, 0.2) is 18.2 Å². The van der Waals surface area contributed by atoms with Crippen molar-refractivity contribution in [1.29, 1.82) is 0 Å². The topological polar surface area (TPSA) is 128 Å². The van der Waals surface area contributed by atoms with Gasteiger partial charge in [0.25, 0.3) is 5.91 Å². The number of aryl methyl sites for hydroxylation is 2. The first-order valence-corrected chi connectivity index (χ1v) is 8.66. The van der Waals surface area contributed by atoms with Crippen LogP contribution < -0.4 is 15.8 Å². The highest BCUT2D eigenvalue weighted by molar-refractivity contribution is 6.03. The Bertz CT molecular complexity index is 973. The number of imidazole rings is 1. The largest absolute Gasteiger partial charge is 0.494 e. The van der Waals surface area contributed by atoms with E-state index in [0.717, 1.165) is 5.69 Å². The van der Waals surface area contributed by atoms with E-state index in [-0.39, 0.29) is 17.4 Å². The molecule has 3 rings (SSSR count).